The van der Waals surface area contributed by atoms with Gasteiger partial charge in [0.05, 0.1) is 12.2 Å². The molecule has 0 amide bonds. The number of fused-ring (bicyclic) bond motifs is 2. The van der Waals surface area contributed by atoms with Crippen molar-refractivity contribution in [3.8, 4) is 0 Å². The molecule has 0 aliphatic carbocycles. The van der Waals surface area contributed by atoms with Crippen molar-refractivity contribution in [2.75, 3.05) is 26.7 Å². The molecule has 1 aromatic rings. The van der Waals surface area contributed by atoms with Gasteiger partial charge in [-0.2, -0.15) is 5.10 Å². The van der Waals surface area contributed by atoms with E-state index < -0.39 is 0 Å². The van der Waals surface area contributed by atoms with E-state index in [-0.39, 0.29) is 0 Å². The fraction of sp³-hybridized carbons (Fsp3) is 0.812. The van der Waals surface area contributed by atoms with Crippen LogP contribution >= 0.6 is 0 Å². The quantitative estimate of drug-likeness (QED) is 0.892. The summed E-state index contributed by atoms with van der Waals surface area (Å²) in [4.78, 5) is 5.18. The third-order valence-corrected chi connectivity index (χ3v) is 5.33. The molecule has 2 N–H and O–H groups in total. The lowest BCUT2D eigenvalue weighted by Crippen LogP contribution is -2.40. The first-order chi connectivity index (χ1) is 10.2. The van der Waals surface area contributed by atoms with Gasteiger partial charge >= 0.3 is 0 Å². The van der Waals surface area contributed by atoms with Crippen molar-refractivity contribution in [2.45, 2.75) is 57.3 Å². The van der Waals surface area contributed by atoms with Crippen LogP contribution < -0.4 is 5.73 Å². The van der Waals surface area contributed by atoms with Gasteiger partial charge < -0.3 is 5.73 Å². The zero-order valence-corrected chi connectivity index (χ0v) is 13.4. The van der Waals surface area contributed by atoms with E-state index in [1.54, 1.807) is 0 Å². The van der Waals surface area contributed by atoms with E-state index in [0.717, 1.165) is 32.1 Å². The average molecular weight is 291 g/mol. The topological polar surface area (TPSA) is 50.3 Å². The zero-order valence-electron chi connectivity index (χ0n) is 13.4. The standard InChI is InChI=1S/C16H29N5/c1-3-7-21-11-13(10-18-21)16(9-17)20-8-6-14-4-5-15(12-20)19(14)2/h10-11,14-16H,3-9,12,17H2,1-2H3. The van der Waals surface area contributed by atoms with Crippen LogP contribution in [-0.4, -0.2) is 58.3 Å². The number of aromatic nitrogens is 2. The minimum absolute atomic E-state index is 0.323. The maximum atomic E-state index is 6.11. The highest BCUT2D eigenvalue weighted by Crippen LogP contribution is 2.32. The second kappa shape index (κ2) is 6.46. The van der Waals surface area contributed by atoms with Crippen LogP contribution in [0.2, 0.25) is 0 Å². The number of likely N-dealkylation sites (tertiary alicyclic amines) is 1. The van der Waals surface area contributed by atoms with Crippen molar-refractivity contribution < 1.29 is 0 Å². The Morgan fingerprint density at radius 1 is 1.33 bits per heavy atom. The summed E-state index contributed by atoms with van der Waals surface area (Å²) in [5.41, 5.74) is 7.39. The molecule has 3 rings (SSSR count). The van der Waals surface area contributed by atoms with Crippen LogP contribution in [0.3, 0.4) is 0 Å². The summed E-state index contributed by atoms with van der Waals surface area (Å²) in [5, 5.41) is 4.48. The molecule has 2 aliphatic heterocycles. The molecule has 3 atom stereocenters. The molecule has 3 heterocycles. The number of nitrogens with two attached hydrogens (primary N) is 1. The largest absolute Gasteiger partial charge is 0.329 e. The molecule has 2 fully saturated rings. The molecule has 0 aromatic carbocycles. The Morgan fingerprint density at radius 2 is 2.14 bits per heavy atom. The fourth-order valence-corrected chi connectivity index (χ4v) is 4.02. The smallest absolute Gasteiger partial charge is 0.0538 e. The van der Waals surface area contributed by atoms with Gasteiger partial charge in [0.1, 0.15) is 0 Å². The second-order valence-electron chi connectivity index (χ2n) is 6.62. The molecule has 118 valence electrons. The van der Waals surface area contributed by atoms with Crippen LogP contribution in [0.15, 0.2) is 12.4 Å². The van der Waals surface area contributed by atoms with E-state index in [0.29, 0.717) is 18.6 Å². The van der Waals surface area contributed by atoms with E-state index in [9.17, 15) is 0 Å². The lowest BCUT2D eigenvalue weighted by molar-refractivity contribution is 0.175. The Bertz CT molecular complexity index is 457. The van der Waals surface area contributed by atoms with Crippen LogP contribution in [0.5, 0.6) is 0 Å². The third kappa shape index (κ3) is 3.00. The molecule has 2 bridgehead atoms. The fourth-order valence-electron chi connectivity index (χ4n) is 4.02. The molecule has 21 heavy (non-hydrogen) atoms. The van der Waals surface area contributed by atoms with Gasteiger partial charge in [0.15, 0.2) is 0 Å². The second-order valence-corrected chi connectivity index (χ2v) is 6.62. The van der Waals surface area contributed by atoms with Gasteiger partial charge in [-0.25, -0.2) is 0 Å². The lowest BCUT2D eigenvalue weighted by Gasteiger charge is -2.32. The molecular formula is C16H29N5. The van der Waals surface area contributed by atoms with Gasteiger partial charge in [-0.05, 0) is 32.7 Å². The molecule has 0 saturated carbocycles. The predicted molar refractivity (Wildman–Crippen MR) is 85.1 cm³/mol. The van der Waals surface area contributed by atoms with Gasteiger partial charge in [0, 0.05) is 50.0 Å². The molecule has 3 unspecified atom stereocenters. The summed E-state index contributed by atoms with van der Waals surface area (Å²) in [7, 11) is 2.29. The molecule has 0 spiro atoms. The number of hydrogen-bond donors (Lipinski definition) is 1. The summed E-state index contributed by atoms with van der Waals surface area (Å²) >= 11 is 0. The van der Waals surface area contributed by atoms with Crippen LogP contribution in [0.25, 0.3) is 0 Å². The number of hydrogen-bond acceptors (Lipinski definition) is 4. The number of nitrogens with zero attached hydrogens (tertiary/aromatic N) is 4. The van der Waals surface area contributed by atoms with Crippen molar-refractivity contribution in [3.05, 3.63) is 18.0 Å². The molecule has 1 aromatic heterocycles. The van der Waals surface area contributed by atoms with Crippen LogP contribution in [0.1, 0.15) is 44.2 Å². The van der Waals surface area contributed by atoms with Crippen molar-refractivity contribution in [1.82, 2.24) is 19.6 Å². The van der Waals surface area contributed by atoms with Crippen LogP contribution in [0.4, 0.5) is 0 Å². The first kappa shape index (κ1) is 15.0. The number of rotatable bonds is 5. The van der Waals surface area contributed by atoms with E-state index >= 15 is 0 Å². The van der Waals surface area contributed by atoms with Gasteiger partial charge in [-0.1, -0.05) is 6.92 Å². The monoisotopic (exact) mass is 291 g/mol. The molecule has 2 saturated heterocycles. The third-order valence-electron chi connectivity index (χ3n) is 5.33. The molecule has 0 radical (unpaired) electrons. The Balaban J connectivity index is 1.73. The van der Waals surface area contributed by atoms with E-state index in [4.69, 9.17) is 5.73 Å². The van der Waals surface area contributed by atoms with Crippen molar-refractivity contribution in [2.24, 2.45) is 5.73 Å². The van der Waals surface area contributed by atoms with Crippen LogP contribution in [-0.2, 0) is 6.54 Å². The van der Waals surface area contributed by atoms with Crippen molar-refractivity contribution in [1.29, 1.82) is 0 Å². The minimum atomic E-state index is 0.323. The predicted octanol–water partition coefficient (Wildman–Crippen LogP) is 1.46. The maximum Gasteiger partial charge on any atom is 0.0538 e. The minimum Gasteiger partial charge on any atom is -0.329 e. The van der Waals surface area contributed by atoms with Gasteiger partial charge in [-0.3, -0.25) is 14.5 Å². The van der Waals surface area contributed by atoms with E-state index in [2.05, 4.69) is 35.1 Å². The Morgan fingerprint density at radius 3 is 2.90 bits per heavy atom. The molecule has 5 nitrogen and oxygen atoms in total. The summed E-state index contributed by atoms with van der Waals surface area (Å²) in [5.74, 6) is 0. The molecule has 2 aliphatic rings. The highest BCUT2D eigenvalue weighted by Gasteiger charge is 2.36. The highest BCUT2D eigenvalue weighted by molar-refractivity contribution is 5.12. The molecule has 5 heteroatoms. The van der Waals surface area contributed by atoms with Crippen LogP contribution in [0, 0.1) is 0 Å². The Kier molecular flexibility index (Phi) is 4.62. The maximum absolute atomic E-state index is 6.11. The molecular weight excluding hydrogens is 262 g/mol. The summed E-state index contributed by atoms with van der Waals surface area (Å²) in [6, 6.07) is 1.81. The first-order valence-electron chi connectivity index (χ1n) is 8.41. The van der Waals surface area contributed by atoms with E-state index in [1.165, 1.54) is 24.8 Å². The zero-order chi connectivity index (χ0) is 14.8. The normalized spacial score (nSPS) is 28.7. The highest BCUT2D eigenvalue weighted by atomic mass is 15.3. The van der Waals surface area contributed by atoms with Crippen molar-refractivity contribution in [3.63, 3.8) is 0 Å². The average Bonchev–Trinajstić information content (AvgIpc) is 3.00. The summed E-state index contributed by atoms with van der Waals surface area (Å²) < 4.78 is 2.05. The van der Waals surface area contributed by atoms with Gasteiger partial charge in [0.25, 0.3) is 0 Å². The number of likely N-dealkylation sites (N-methyl/N-ethyl adjacent to an activating group) is 1. The van der Waals surface area contributed by atoms with Gasteiger partial charge in [0.2, 0.25) is 0 Å². The van der Waals surface area contributed by atoms with Crippen molar-refractivity contribution >= 4 is 0 Å². The SMILES string of the molecule is CCCn1cc(C(CN)N2CCC3CCC(C2)N3C)cn1. The summed E-state index contributed by atoms with van der Waals surface area (Å²) in [6.07, 6.45) is 9.30. The Hall–Kier alpha value is -0.910. The lowest BCUT2D eigenvalue weighted by atomic mass is 10.0. The summed E-state index contributed by atoms with van der Waals surface area (Å²) in [6.45, 7) is 6.16. The van der Waals surface area contributed by atoms with Gasteiger partial charge in [-0.15, -0.1) is 0 Å². The first-order valence-corrected chi connectivity index (χ1v) is 8.41. The number of aryl methyl sites for hydroxylation is 1. The van der Waals surface area contributed by atoms with E-state index in [1.807, 2.05) is 10.9 Å². The Labute approximate surface area is 128 Å².